The topological polar surface area (TPSA) is 56.6 Å². The maximum atomic E-state index is 9.75. The van der Waals surface area contributed by atoms with Crippen molar-refractivity contribution in [1.82, 2.24) is 0 Å². The van der Waals surface area contributed by atoms with Crippen LogP contribution in [-0.2, 0) is 0 Å². The zero-order chi connectivity index (χ0) is 19.9. The fourth-order valence-electron chi connectivity index (χ4n) is 2.37. The van der Waals surface area contributed by atoms with Crippen molar-refractivity contribution in [1.29, 1.82) is 0 Å². The summed E-state index contributed by atoms with van der Waals surface area (Å²) < 4.78 is 50.2. The van der Waals surface area contributed by atoms with Gasteiger partial charge in [0.2, 0.25) is 5.36 Å². The number of benzene rings is 2. The van der Waals surface area contributed by atoms with Crippen LogP contribution in [0.2, 0.25) is 0 Å². The molecule has 1 heterocycles. The van der Waals surface area contributed by atoms with Crippen molar-refractivity contribution in [2.75, 3.05) is 20.3 Å². The molecule has 2 aromatic carbocycles. The number of methoxy groups -OCH3 is 1. The Morgan fingerprint density at radius 1 is 1.04 bits per heavy atom. The predicted molar refractivity (Wildman–Crippen MR) is 94.4 cm³/mol. The molecule has 0 saturated carbocycles. The summed E-state index contributed by atoms with van der Waals surface area (Å²) in [6.07, 6.45) is 0. The van der Waals surface area contributed by atoms with Gasteiger partial charge in [0.15, 0.2) is 6.54 Å². The van der Waals surface area contributed by atoms with Gasteiger partial charge < -0.3 is 31.5 Å². The smallest absolute Gasteiger partial charge is 0.497 e. The number of hydrogen-bond acceptors (Lipinski definition) is 3. The average Bonchev–Trinajstić information content (AvgIpc) is 2.64. The number of para-hydroxylation sites is 1. The first kappa shape index (κ1) is 20.5. The van der Waals surface area contributed by atoms with Gasteiger partial charge in [0.05, 0.1) is 18.6 Å². The Morgan fingerprint density at radius 2 is 1.67 bits per heavy atom. The molecule has 0 unspecified atom stereocenters. The molecule has 0 saturated heterocycles. The Kier molecular flexibility index (Phi) is 7.01. The molecule has 0 aliphatic heterocycles. The van der Waals surface area contributed by atoms with Gasteiger partial charge in [-0.3, -0.25) is 0 Å². The zero-order valence-corrected chi connectivity index (χ0v) is 14.5. The van der Waals surface area contributed by atoms with Crippen molar-refractivity contribution in [2.24, 2.45) is 0 Å². The van der Waals surface area contributed by atoms with Crippen LogP contribution in [-0.4, -0.2) is 32.6 Å². The maximum absolute atomic E-state index is 9.75. The minimum absolute atomic E-state index is 0.0816. The van der Waals surface area contributed by atoms with Crippen molar-refractivity contribution >= 4 is 18.2 Å². The lowest BCUT2D eigenvalue weighted by molar-refractivity contribution is -0.501. The van der Waals surface area contributed by atoms with Crippen LogP contribution in [0, 0.1) is 0 Å². The van der Waals surface area contributed by atoms with E-state index in [-0.39, 0.29) is 6.61 Å². The summed E-state index contributed by atoms with van der Waals surface area (Å²) in [5.41, 5.74) is 1.77. The van der Waals surface area contributed by atoms with Gasteiger partial charge >= 0.3 is 7.25 Å². The van der Waals surface area contributed by atoms with Gasteiger partial charge in [-0.25, -0.2) is 4.99 Å². The fourth-order valence-corrected chi connectivity index (χ4v) is 2.37. The first-order chi connectivity index (χ1) is 12.8. The summed E-state index contributed by atoms with van der Waals surface area (Å²) in [4.78, 5) is 3.24. The number of hydrogen-bond donors (Lipinski definition) is 2. The normalized spacial score (nSPS) is 11.9. The van der Waals surface area contributed by atoms with Gasteiger partial charge in [-0.2, -0.15) is 0 Å². The van der Waals surface area contributed by atoms with Crippen molar-refractivity contribution in [3.05, 3.63) is 60.0 Å². The number of aliphatic hydroxyl groups excluding tert-OH is 1. The molecule has 0 amide bonds. The maximum Gasteiger partial charge on any atom is 0.673 e. The van der Waals surface area contributed by atoms with E-state index in [1.807, 2.05) is 54.6 Å². The number of halogens is 4. The van der Waals surface area contributed by atoms with Gasteiger partial charge in [0.25, 0.3) is 0 Å². The highest BCUT2D eigenvalue weighted by atomic mass is 19.5. The lowest BCUT2D eigenvalue weighted by Gasteiger charge is -2.04. The minimum atomic E-state index is -6.00. The second kappa shape index (κ2) is 9.22. The molecule has 0 fully saturated rings. The largest absolute Gasteiger partial charge is 0.673 e. The van der Waals surface area contributed by atoms with E-state index < -0.39 is 7.25 Å². The molecule has 3 aromatic rings. The van der Waals surface area contributed by atoms with Gasteiger partial charge in [-0.1, -0.05) is 12.1 Å². The molecule has 3 rings (SSSR count). The number of ether oxygens (including phenoxy) is 1. The van der Waals surface area contributed by atoms with Crippen LogP contribution >= 0.6 is 0 Å². The Hall–Kier alpha value is -2.81. The zero-order valence-electron chi connectivity index (χ0n) is 14.5. The third-order valence-corrected chi connectivity index (χ3v) is 3.47. The molecule has 2 N–H and O–H groups in total. The van der Waals surface area contributed by atoms with E-state index in [4.69, 9.17) is 14.3 Å². The van der Waals surface area contributed by atoms with Gasteiger partial charge in [-0.05, 0) is 36.4 Å². The van der Waals surface area contributed by atoms with Crippen LogP contribution in [0.4, 0.5) is 17.3 Å². The second-order valence-corrected chi connectivity index (χ2v) is 5.39. The molecule has 0 aliphatic carbocycles. The lowest BCUT2D eigenvalue weighted by atomic mass is 10.1. The summed E-state index contributed by atoms with van der Waals surface area (Å²) in [5, 5.41) is 11.0. The van der Waals surface area contributed by atoms with Gasteiger partial charge in [0.1, 0.15) is 23.7 Å². The van der Waals surface area contributed by atoms with E-state index in [0.717, 1.165) is 33.4 Å². The van der Waals surface area contributed by atoms with E-state index in [2.05, 4.69) is 4.99 Å². The van der Waals surface area contributed by atoms with Crippen molar-refractivity contribution < 1.29 is 36.5 Å². The van der Waals surface area contributed by atoms with Crippen LogP contribution in [0.25, 0.3) is 22.3 Å². The Balaban J connectivity index is 0.000000465. The van der Waals surface area contributed by atoms with Crippen LogP contribution in [0.3, 0.4) is 0 Å². The van der Waals surface area contributed by atoms with Crippen LogP contribution < -0.4 is 15.1 Å². The minimum Gasteiger partial charge on any atom is -0.497 e. The number of nitrogens with one attached hydrogen (secondary N) is 1. The lowest BCUT2D eigenvalue weighted by Crippen LogP contribution is -2.77. The van der Waals surface area contributed by atoms with Crippen LogP contribution in [0.5, 0.6) is 5.75 Å². The molecule has 0 atom stereocenters. The Bertz CT molecular complexity index is 934. The molecular weight excluding hydrogens is 365 g/mol. The highest BCUT2D eigenvalue weighted by molar-refractivity contribution is 6.50. The molecule has 0 aliphatic rings. The van der Waals surface area contributed by atoms with Crippen LogP contribution in [0.15, 0.2) is 59.0 Å². The monoisotopic (exact) mass is 383 g/mol. The summed E-state index contributed by atoms with van der Waals surface area (Å²) in [7, 11) is -4.35. The Labute approximate surface area is 152 Å². The molecule has 144 valence electrons. The number of fused-ring (bicyclic) bond motifs is 1. The van der Waals surface area contributed by atoms with Crippen LogP contribution in [0.1, 0.15) is 0 Å². The van der Waals surface area contributed by atoms with Gasteiger partial charge in [-0.15, -0.1) is 0 Å². The first-order valence-corrected chi connectivity index (χ1v) is 8.04. The summed E-state index contributed by atoms with van der Waals surface area (Å²) in [6, 6.07) is 17.5. The Morgan fingerprint density at radius 3 is 2.26 bits per heavy atom. The highest BCUT2D eigenvalue weighted by Crippen LogP contribution is 2.23. The summed E-state index contributed by atoms with van der Waals surface area (Å²) in [6.45, 7) is 0.578. The summed E-state index contributed by atoms with van der Waals surface area (Å²) in [5.74, 6) is 1.57. The molecular formula is C18H18BF4NO3. The molecule has 4 nitrogen and oxygen atoms in total. The standard InChI is InChI=1S/C18H17NO3.BF4/c1-21-14-8-6-13(7-9-14)18-12-16(19-10-11-20)15-4-2-3-5-17(15)22-18;2-1(3,4)5/h2-9,12,20H,10-11H2,1H3;/q;-1/p+1. The van der Waals surface area contributed by atoms with Gasteiger partial charge in [0, 0.05) is 5.56 Å². The number of aliphatic hydroxyl groups is 1. The quantitative estimate of drug-likeness (QED) is 0.538. The van der Waals surface area contributed by atoms with E-state index in [0.29, 0.717) is 6.54 Å². The molecule has 27 heavy (non-hydrogen) atoms. The van der Waals surface area contributed by atoms with E-state index in [9.17, 15) is 17.3 Å². The van der Waals surface area contributed by atoms with Crippen molar-refractivity contribution in [3.63, 3.8) is 0 Å². The third-order valence-electron chi connectivity index (χ3n) is 3.47. The molecule has 9 heteroatoms. The molecule has 1 aromatic heterocycles. The first-order valence-electron chi connectivity index (χ1n) is 8.04. The van der Waals surface area contributed by atoms with E-state index in [1.54, 1.807) is 7.11 Å². The highest BCUT2D eigenvalue weighted by Gasteiger charge is 2.20. The predicted octanol–water partition coefficient (Wildman–Crippen LogP) is 2.38. The number of rotatable bonds is 4. The van der Waals surface area contributed by atoms with Crippen molar-refractivity contribution in [2.45, 2.75) is 0 Å². The molecule has 0 radical (unpaired) electrons. The summed E-state index contributed by atoms with van der Waals surface area (Å²) >= 11 is 0. The molecule has 0 spiro atoms. The third kappa shape index (κ3) is 6.45. The molecule has 0 bridgehead atoms. The van der Waals surface area contributed by atoms with E-state index in [1.165, 1.54) is 0 Å². The SMILES string of the molecule is COc1ccc(-c2cc(=[NH+]CCO)c3ccccc3o2)cc1.F[B-](F)(F)F. The fraction of sp³-hybridized carbons (Fsp3) is 0.167. The van der Waals surface area contributed by atoms with E-state index >= 15 is 0 Å². The van der Waals surface area contributed by atoms with Crippen molar-refractivity contribution in [3.8, 4) is 17.1 Å². The second-order valence-electron chi connectivity index (χ2n) is 5.39. The average molecular weight is 383 g/mol.